The van der Waals surface area contributed by atoms with Gasteiger partial charge in [-0.05, 0) is 34.5 Å². The molecule has 0 fully saturated rings. The molecule has 0 radical (unpaired) electrons. The Morgan fingerprint density at radius 3 is 1.96 bits per heavy atom. The molecule has 4 heteroatoms. The maximum atomic E-state index is 12.7. The Morgan fingerprint density at radius 1 is 0.880 bits per heavy atom. The predicted octanol–water partition coefficient (Wildman–Crippen LogP) is 4.27. The fraction of sp³-hybridized carbons (Fsp3) is 0.143. The zero-order valence-corrected chi connectivity index (χ0v) is 14.0. The molecule has 25 heavy (non-hydrogen) atoms. The van der Waals surface area contributed by atoms with E-state index in [0.29, 0.717) is 11.1 Å². The molecule has 0 aliphatic heterocycles. The van der Waals surface area contributed by atoms with Crippen molar-refractivity contribution in [3.8, 4) is 0 Å². The zero-order valence-electron chi connectivity index (χ0n) is 14.0. The molecule has 0 amide bonds. The number of carbonyl (C=O) groups is 2. The first-order valence-corrected chi connectivity index (χ1v) is 7.98. The van der Waals surface area contributed by atoms with Crippen LogP contribution in [0.25, 0.3) is 21.5 Å². The summed E-state index contributed by atoms with van der Waals surface area (Å²) < 4.78 is 10.3. The van der Waals surface area contributed by atoms with Gasteiger partial charge >= 0.3 is 11.9 Å². The van der Waals surface area contributed by atoms with E-state index in [4.69, 9.17) is 9.47 Å². The van der Waals surface area contributed by atoms with E-state index in [0.717, 1.165) is 21.5 Å². The van der Waals surface area contributed by atoms with Crippen molar-refractivity contribution in [2.24, 2.45) is 0 Å². The monoisotopic (exact) mass is 334 g/mol. The molecule has 0 aliphatic carbocycles. The van der Waals surface area contributed by atoms with E-state index in [1.807, 2.05) is 48.5 Å². The quantitative estimate of drug-likeness (QED) is 0.303. The van der Waals surface area contributed by atoms with E-state index in [1.165, 1.54) is 0 Å². The summed E-state index contributed by atoms with van der Waals surface area (Å²) in [6.07, 6.45) is 0. The predicted molar refractivity (Wildman–Crippen MR) is 97.5 cm³/mol. The Kier molecular flexibility index (Phi) is 4.80. The SMILES string of the molecule is C=C(C)C(=O)OCCOC(=O)c1c2ccccc2cc2ccccc12. The molecule has 0 N–H and O–H groups in total. The molecule has 126 valence electrons. The molecule has 3 aromatic carbocycles. The summed E-state index contributed by atoms with van der Waals surface area (Å²) in [7, 11) is 0. The average Bonchev–Trinajstić information content (AvgIpc) is 2.62. The number of benzene rings is 3. The minimum atomic E-state index is -0.494. The van der Waals surface area contributed by atoms with E-state index >= 15 is 0 Å². The van der Waals surface area contributed by atoms with Crippen LogP contribution in [0.1, 0.15) is 17.3 Å². The first-order valence-electron chi connectivity index (χ1n) is 7.98. The summed E-state index contributed by atoms with van der Waals surface area (Å²) in [5.74, 6) is -0.925. The van der Waals surface area contributed by atoms with Gasteiger partial charge in [0, 0.05) is 5.57 Å². The van der Waals surface area contributed by atoms with Crippen molar-refractivity contribution in [1.82, 2.24) is 0 Å². The Bertz CT molecular complexity index is 918. The second-order valence-electron chi connectivity index (χ2n) is 5.75. The van der Waals surface area contributed by atoms with Gasteiger partial charge in [-0.15, -0.1) is 0 Å². The summed E-state index contributed by atoms with van der Waals surface area (Å²) >= 11 is 0. The van der Waals surface area contributed by atoms with Crippen LogP contribution in [0.2, 0.25) is 0 Å². The highest BCUT2D eigenvalue weighted by molar-refractivity contribution is 6.16. The molecular formula is C21H18O4. The van der Waals surface area contributed by atoms with Gasteiger partial charge in [0.05, 0.1) is 5.56 Å². The summed E-state index contributed by atoms with van der Waals surface area (Å²) in [5, 5.41) is 3.62. The van der Waals surface area contributed by atoms with Crippen molar-refractivity contribution in [2.45, 2.75) is 6.92 Å². The van der Waals surface area contributed by atoms with Crippen LogP contribution in [-0.2, 0) is 14.3 Å². The summed E-state index contributed by atoms with van der Waals surface area (Å²) in [6.45, 7) is 5.06. The Morgan fingerprint density at radius 2 is 1.40 bits per heavy atom. The highest BCUT2D eigenvalue weighted by Crippen LogP contribution is 2.29. The van der Waals surface area contributed by atoms with Crippen molar-refractivity contribution in [1.29, 1.82) is 0 Å². The molecule has 0 aliphatic rings. The maximum Gasteiger partial charge on any atom is 0.339 e. The third-order valence-electron chi connectivity index (χ3n) is 3.87. The standard InChI is InChI=1S/C21H18O4/c1-14(2)20(22)24-11-12-25-21(23)19-17-9-5-3-7-15(17)13-16-8-4-6-10-18(16)19/h3-10,13H,1,11-12H2,2H3. The van der Waals surface area contributed by atoms with Gasteiger partial charge in [0.15, 0.2) is 0 Å². The van der Waals surface area contributed by atoms with E-state index in [2.05, 4.69) is 12.6 Å². The van der Waals surface area contributed by atoms with Crippen LogP contribution in [0.5, 0.6) is 0 Å². The minimum absolute atomic E-state index is 0.000131. The average molecular weight is 334 g/mol. The molecule has 0 bridgehead atoms. The molecule has 0 heterocycles. The van der Waals surface area contributed by atoms with Crippen molar-refractivity contribution in [3.05, 3.63) is 72.3 Å². The lowest BCUT2D eigenvalue weighted by Gasteiger charge is -2.11. The third kappa shape index (κ3) is 3.53. The van der Waals surface area contributed by atoms with Crippen LogP contribution in [0.15, 0.2) is 66.7 Å². The molecule has 3 aromatic rings. The zero-order chi connectivity index (χ0) is 17.8. The van der Waals surface area contributed by atoms with Gasteiger partial charge in [0.2, 0.25) is 0 Å². The van der Waals surface area contributed by atoms with Crippen LogP contribution in [-0.4, -0.2) is 25.2 Å². The molecule has 3 rings (SSSR count). The van der Waals surface area contributed by atoms with Gasteiger partial charge in [-0.3, -0.25) is 0 Å². The molecule has 0 atom stereocenters. The van der Waals surface area contributed by atoms with E-state index in [9.17, 15) is 9.59 Å². The second-order valence-corrected chi connectivity index (χ2v) is 5.75. The van der Waals surface area contributed by atoms with E-state index in [-0.39, 0.29) is 13.2 Å². The van der Waals surface area contributed by atoms with Crippen LogP contribution in [0.4, 0.5) is 0 Å². The van der Waals surface area contributed by atoms with Gasteiger partial charge in [-0.2, -0.15) is 0 Å². The number of rotatable bonds is 5. The lowest BCUT2D eigenvalue weighted by atomic mass is 9.97. The van der Waals surface area contributed by atoms with Crippen molar-refractivity contribution in [2.75, 3.05) is 13.2 Å². The first-order chi connectivity index (χ1) is 12.1. The largest absolute Gasteiger partial charge is 0.459 e. The number of fused-ring (bicyclic) bond motifs is 2. The molecule has 0 unspecified atom stereocenters. The van der Waals surface area contributed by atoms with Crippen LogP contribution < -0.4 is 0 Å². The van der Waals surface area contributed by atoms with Crippen LogP contribution in [0.3, 0.4) is 0 Å². The van der Waals surface area contributed by atoms with Crippen molar-refractivity contribution >= 4 is 33.5 Å². The Hall–Kier alpha value is -3.14. The van der Waals surface area contributed by atoms with Gasteiger partial charge in [-0.25, -0.2) is 9.59 Å². The van der Waals surface area contributed by atoms with E-state index in [1.54, 1.807) is 6.92 Å². The number of ether oxygens (including phenoxy) is 2. The van der Waals surface area contributed by atoms with Gasteiger partial charge in [0.25, 0.3) is 0 Å². The fourth-order valence-electron chi connectivity index (χ4n) is 2.70. The summed E-state index contributed by atoms with van der Waals surface area (Å²) in [4.78, 5) is 24.0. The summed E-state index contributed by atoms with van der Waals surface area (Å²) in [5.41, 5.74) is 0.839. The third-order valence-corrected chi connectivity index (χ3v) is 3.87. The fourth-order valence-corrected chi connectivity index (χ4v) is 2.70. The maximum absolute atomic E-state index is 12.7. The number of hydrogen-bond acceptors (Lipinski definition) is 4. The first kappa shape index (κ1) is 16.7. The van der Waals surface area contributed by atoms with Crippen LogP contribution in [0, 0.1) is 0 Å². The molecule has 0 aromatic heterocycles. The molecule has 0 saturated heterocycles. The molecule has 0 saturated carbocycles. The number of esters is 2. The van der Waals surface area contributed by atoms with Crippen molar-refractivity contribution in [3.63, 3.8) is 0 Å². The minimum Gasteiger partial charge on any atom is -0.459 e. The lowest BCUT2D eigenvalue weighted by Crippen LogP contribution is -2.14. The summed E-state index contributed by atoms with van der Waals surface area (Å²) in [6, 6.07) is 17.4. The Balaban J connectivity index is 1.87. The van der Waals surface area contributed by atoms with Crippen molar-refractivity contribution < 1.29 is 19.1 Å². The second kappa shape index (κ2) is 7.18. The Labute approximate surface area is 145 Å². The smallest absolute Gasteiger partial charge is 0.339 e. The molecule has 4 nitrogen and oxygen atoms in total. The molecule has 0 spiro atoms. The van der Waals surface area contributed by atoms with E-state index < -0.39 is 11.9 Å². The molecular weight excluding hydrogens is 316 g/mol. The number of hydrogen-bond donors (Lipinski definition) is 0. The highest BCUT2D eigenvalue weighted by atomic mass is 16.6. The topological polar surface area (TPSA) is 52.6 Å². The van der Waals surface area contributed by atoms with Gasteiger partial charge in [0.1, 0.15) is 13.2 Å². The lowest BCUT2D eigenvalue weighted by molar-refractivity contribution is -0.140. The normalized spacial score (nSPS) is 10.6. The highest BCUT2D eigenvalue weighted by Gasteiger charge is 2.16. The van der Waals surface area contributed by atoms with Crippen LogP contribution >= 0.6 is 0 Å². The van der Waals surface area contributed by atoms with Gasteiger partial charge in [-0.1, -0.05) is 55.1 Å². The van der Waals surface area contributed by atoms with Gasteiger partial charge < -0.3 is 9.47 Å². The number of carbonyl (C=O) groups excluding carboxylic acids is 2.